The highest BCUT2D eigenvalue weighted by molar-refractivity contribution is 5.49. The minimum atomic E-state index is 0.285. The van der Waals surface area contributed by atoms with Crippen molar-refractivity contribution in [3.63, 3.8) is 0 Å². The number of benzene rings is 1. The number of aliphatic hydroxyl groups is 1. The summed E-state index contributed by atoms with van der Waals surface area (Å²) in [5.41, 5.74) is 2.60. The monoisotopic (exact) mass is 219 g/mol. The van der Waals surface area contributed by atoms with Gasteiger partial charge in [-0.05, 0) is 37.8 Å². The third-order valence-corrected chi connectivity index (χ3v) is 3.61. The maximum Gasteiger partial charge on any atom is 0.0476 e. The van der Waals surface area contributed by atoms with Crippen LogP contribution < -0.4 is 4.90 Å². The standard InChI is InChI=1S/C14H21NO/c1-11-5-7-13(8-6-11)15-9-3-4-14(15)12(2)10-16/h5-8,12,14,16H,3-4,9-10H2,1-2H3/t12-,14?/m0/s1. The molecule has 1 aromatic carbocycles. The lowest BCUT2D eigenvalue weighted by Gasteiger charge is -2.30. The van der Waals surface area contributed by atoms with E-state index in [1.54, 1.807) is 0 Å². The van der Waals surface area contributed by atoms with Crippen LogP contribution in [0.3, 0.4) is 0 Å². The van der Waals surface area contributed by atoms with Gasteiger partial charge in [-0.2, -0.15) is 0 Å². The van der Waals surface area contributed by atoms with Gasteiger partial charge in [-0.15, -0.1) is 0 Å². The Bertz CT molecular complexity index is 333. The summed E-state index contributed by atoms with van der Waals surface area (Å²) in [6, 6.07) is 9.21. The molecule has 0 amide bonds. The molecule has 0 radical (unpaired) electrons. The molecular formula is C14H21NO. The van der Waals surface area contributed by atoms with Crippen LogP contribution in [-0.2, 0) is 0 Å². The molecule has 88 valence electrons. The first-order chi connectivity index (χ1) is 7.72. The van der Waals surface area contributed by atoms with E-state index in [0.29, 0.717) is 12.0 Å². The van der Waals surface area contributed by atoms with E-state index < -0.39 is 0 Å². The fourth-order valence-corrected chi connectivity index (χ4v) is 2.56. The lowest BCUT2D eigenvalue weighted by molar-refractivity contribution is 0.216. The molecule has 1 fully saturated rings. The zero-order valence-electron chi connectivity index (χ0n) is 10.2. The Kier molecular flexibility index (Phi) is 3.49. The first kappa shape index (κ1) is 11.5. The molecular weight excluding hydrogens is 198 g/mol. The summed E-state index contributed by atoms with van der Waals surface area (Å²) in [6.45, 7) is 5.66. The fraction of sp³-hybridized carbons (Fsp3) is 0.571. The molecule has 2 nitrogen and oxygen atoms in total. The topological polar surface area (TPSA) is 23.5 Å². The van der Waals surface area contributed by atoms with Crippen molar-refractivity contribution in [2.45, 2.75) is 32.7 Å². The highest BCUT2D eigenvalue weighted by Gasteiger charge is 2.28. The maximum absolute atomic E-state index is 9.28. The van der Waals surface area contributed by atoms with Crippen LogP contribution in [0.5, 0.6) is 0 Å². The SMILES string of the molecule is Cc1ccc(N2CCCC2[C@@H](C)CO)cc1. The van der Waals surface area contributed by atoms with E-state index in [1.165, 1.54) is 24.1 Å². The lowest BCUT2D eigenvalue weighted by Crippen LogP contribution is -2.35. The third-order valence-electron chi connectivity index (χ3n) is 3.61. The van der Waals surface area contributed by atoms with Gasteiger partial charge >= 0.3 is 0 Å². The Morgan fingerprint density at radius 2 is 2.06 bits per heavy atom. The van der Waals surface area contributed by atoms with Crippen molar-refractivity contribution in [1.29, 1.82) is 0 Å². The van der Waals surface area contributed by atoms with Gasteiger partial charge in [0.2, 0.25) is 0 Å². The van der Waals surface area contributed by atoms with Crippen LogP contribution in [0.1, 0.15) is 25.3 Å². The van der Waals surface area contributed by atoms with E-state index in [1.807, 2.05) is 0 Å². The second-order valence-corrected chi connectivity index (χ2v) is 4.90. The van der Waals surface area contributed by atoms with E-state index in [-0.39, 0.29) is 6.61 Å². The molecule has 16 heavy (non-hydrogen) atoms. The average Bonchev–Trinajstić information content (AvgIpc) is 2.78. The van der Waals surface area contributed by atoms with Crippen molar-refractivity contribution >= 4 is 5.69 Å². The minimum Gasteiger partial charge on any atom is -0.396 e. The fourth-order valence-electron chi connectivity index (χ4n) is 2.56. The molecule has 1 aromatic rings. The van der Waals surface area contributed by atoms with Gasteiger partial charge in [-0.3, -0.25) is 0 Å². The zero-order valence-corrected chi connectivity index (χ0v) is 10.2. The molecule has 2 heteroatoms. The Labute approximate surface area is 97.9 Å². The summed E-state index contributed by atoms with van der Waals surface area (Å²) in [5.74, 6) is 0.365. The van der Waals surface area contributed by atoms with Gasteiger partial charge < -0.3 is 10.0 Å². The molecule has 0 aliphatic carbocycles. The van der Waals surface area contributed by atoms with Gasteiger partial charge in [-0.25, -0.2) is 0 Å². The van der Waals surface area contributed by atoms with Crippen molar-refractivity contribution in [1.82, 2.24) is 0 Å². The summed E-state index contributed by atoms with van der Waals surface area (Å²) in [4.78, 5) is 2.44. The molecule has 1 unspecified atom stereocenters. The molecule has 0 bridgehead atoms. The Morgan fingerprint density at radius 3 is 2.69 bits per heavy atom. The van der Waals surface area contributed by atoms with Crippen LogP contribution in [-0.4, -0.2) is 24.3 Å². The molecule has 0 saturated carbocycles. The average molecular weight is 219 g/mol. The maximum atomic E-state index is 9.28. The number of hydrogen-bond acceptors (Lipinski definition) is 2. The van der Waals surface area contributed by atoms with E-state index in [0.717, 1.165) is 6.54 Å². The summed E-state index contributed by atoms with van der Waals surface area (Å²) in [5, 5.41) is 9.28. The first-order valence-electron chi connectivity index (χ1n) is 6.16. The predicted octanol–water partition coefficient (Wildman–Crippen LogP) is 2.59. The van der Waals surface area contributed by atoms with E-state index in [2.05, 4.69) is 43.0 Å². The molecule has 1 N–H and O–H groups in total. The van der Waals surface area contributed by atoms with Gasteiger partial charge in [0.1, 0.15) is 0 Å². The molecule has 1 saturated heterocycles. The molecule has 0 spiro atoms. The molecule has 1 heterocycles. The van der Waals surface area contributed by atoms with Crippen molar-refractivity contribution in [2.75, 3.05) is 18.1 Å². The highest BCUT2D eigenvalue weighted by Crippen LogP contribution is 2.29. The predicted molar refractivity (Wildman–Crippen MR) is 67.8 cm³/mol. The van der Waals surface area contributed by atoms with Gasteiger partial charge in [0.25, 0.3) is 0 Å². The van der Waals surface area contributed by atoms with Gasteiger partial charge in [-0.1, -0.05) is 24.6 Å². The Morgan fingerprint density at radius 1 is 1.38 bits per heavy atom. The van der Waals surface area contributed by atoms with Crippen molar-refractivity contribution in [2.24, 2.45) is 5.92 Å². The molecule has 0 aromatic heterocycles. The van der Waals surface area contributed by atoms with E-state index in [4.69, 9.17) is 0 Å². The van der Waals surface area contributed by atoms with Crippen LogP contribution in [0, 0.1) is 12.8 Å². The summed E-state index contributed by atoms with van der Waals surface area (Å²) < 4.78 is 0. The van der Waals surface area contributed by atoms with Crippen LogP contribution in [0.15, 0.2) is 24.3 Å². The molecule has 1 aliphatic rings. The molecule has 2 atom stereocenters. The number of anilines is 1. The summed E-state index contributed by atoms with van der Waals surface area (Å²) in [7, 11) is 0. The molecule has 1 aliphatic heterocycles. The van der Waals surface area contributed by atoms with Gasteiger partial charge in [0.15, 0.2) is 0 Å². The van der Waals surface area contributed by atoms with Crippen molar-refractivity contribution in [3.8, 4) is 0 Å². The molecule has 2 rings (SSSR count). The van der Waals surface area contributed by atoms with Crippen LogP contribution in [0.25, 0.3) is 0 Å². The zero-order chi connectivity index (χ0) is 11.5. The number of nitrogens with zero attached hydrogens (tertiary/aromatic N) is 1. The summed E-state index contributed by atoms with van der Waals surface area (Å²) in [6.07, 6.45) is 2.44. The van der Waals surface area contributed by atoms with Crippen LogP contribution in [0.2, 0.25) is 0 Å². The van der Waals surface area contributed by atoms with Gasteiger partial charge in [0.05, 0.1) is 0 Å². The van der Waals surface area contributed by atoms with E-state index >= 15 is 0 Å². The Balaban J connectivity index is 2.16. The van der Waals surface area contributed by atoms with Crippen molar-refractivity contribution < 1.29 is 5.11 Å². The normalized spacial score (nSPS) is 22.4. The van der Waals surface area contributed by atoms with Crippen molar-refractivity contribution in [3.05, 3.63) is 29.8 Å². The minimum absolute atomic E-state index is 0.285. The number of aliphatic hydroxyl groups excluding tert-OH is 1. The number of hydrogen-bond donors (Lipinski definition) is 1. The number of rotatable bonds is 3. The quantitative estimate of drug-likeness (QED) is 0.844. The second kappa shape index (κ2) is 4.88. The van der Waals surface area contributed by atoms with E-state index in [9.17, 15) is 5.11 Å². The lowest BCUT2D eigenvalue weighted by atomic mass is 10.00. The first-order valence-corrected chi connectivity index (χ1v) is 6.16. The Hall–Kier alpha value is -1.02. The largest absolute Gasteiger partial charge is 0.396 e. The van der Waals surface area contributed by atoms with Gasteiger partial charge in [0, 0.05) is 24.9 Å². The summed E-state index contributed by atoms with van der Waals surface area (Å²) >= 11 is 0. The number of aryl methyl sites for hydroxylation is 1. The highest BCUT2D eigenvalue weighted by atomic mass is 16.3. The smallest absolute Gasteiger partial charge is 0.0476 e. The second-order valence-electron chi connectivity index (χ2n) is 4.90. The van der Waals surface area contributed by atoms with Crippen LogP contribution >= 0.6 is 0 Å². The van der Waals surface area contributed by atoms with Crippen LogP contribution in [0.4, 0.5) is 5.69 Å². The third kappa shape index (κ3) is 2.22.